The van der Waals surface area contributed by atoms with Crippen molar-refractivity contribution in [2.75, 3.05) is 18.1 Å². The molecule has 1 atom stereocenters. The molecule has 0 spiro atoms. The molecular formula is C21H17N5O4. The number of aromatic nitrogens is 2. The van der Waals surface area contributed by atoms with E-state index >= 15 is 0 Å². The summed E-state index contributed by atoms with van der Waals surface area (Å²) < 4.78 is 6.68. The van der Waals surface area contributed by atoms with Crippen LogP contribution >= 0.6 is 0 Å². The number of fused-ring (bicyclic) bond motifs is 1. The number of amides is 2. The highest BCUT2D eigenvalue weighted by atomic mass is 16.6. The van der Waals surface area contributed by atoms with E-state index < -0.39 is 6.09 Å². The van der Waals surface area contributed by atoms with E-state index in [0.29, 0.717) is 28.2 Å². The third-order valence-corrected chi connectivity index (χ3v) is 4.82. The van der Waals surface area contributed by atoms with E-state index in [9.17, 15) is 14.4 Å². The molecule has 150 valence electrons. The highest BCUT2D eigenvalue weighted by Gasteiger charge is 2.34. The molecule has 1 aliphatic heterocycles. The average molecular weight is 403 g/mol. The van der Waals surface area contributed by atoms with Gasteiger partial charge in [-0.05, 0) is 36.4 Å². The molecular weight excluding hydrogens is 386 g/mol. The Morgan fingerprint density at radius 1 is 1.27 bits per heavy atom. The molecule has 0 aliphatic carbocycles. The fourth-order valence-electron chi connectivity index (χ4n) is 3.32. The minimum Gasteiger partial charge on any atom is -0.447 e. The van der Waals surface area contributed by atoms with Gasteiger partial charge in [0.15, 0.2) is 0 Å². The predicted molar refractivity (Wildman–Crippen MR) is 106 cm³/mol. The highest BCUT2D eigenvalue weighted by Crippen LogP contribution is 2.24. The second kappa shape index (κ2) is 7.67. The van der Waals surface area contributed by atoms with Crippen LogP contribution in [0.2, 0.25) is 0 Å². The number of ketones is 1. The van der Waals surface area contributed by atoms with Gasteiger partial charge in [-0.25, -0.2) is 9.78 Å². The number of nitriles is 1. The molecule has 3 heterocycles. The number of ether oxygens (including phenoxy) is 1. The normalized spacial score (nSPS) is 15.7. The van der Waals surface area contributed by atoms with Crippen molar-refractivity contribution in [1.29, 1.82) is 5.26 Å². The molecule has 1 fully saturated rings. The summed E-state index contributed by atoms with van der Waals surface area (Å²) in [6.45, 7) is 1.84. The van der Waals surface area contributed by atoms with Gasteiger partial charge < -0.3 is 10.1 Å². The molecule has 1 unspecified atom stereocenters. The predicted octanol–water partition coefficient (Wildman–Crippen LogP) is 1.90. The maximum absolute atomic E-state index is 13.0. The second-order valence-corrected chi connectivity index (χ2v) is 6.82. The molecule has 1 aliphatic rings. The van der Waals surface area contributed by atoms with Crippen molar-refractivity contribution in [3.05, 3.63) is 65.6 Å². The van der Waals surface area contributed by atoms with Crippen molar-refractivity contribution < 1.29 is 19.1 Å². The molecule has 1 saturated heterocycles. The Balaban J connectivity index is 1.59. The first-order chi connectivity index (χ1) is 14.5. The molecule has 9 heteroatoms. The summed E-state index contributed by atoms with van der Waals surface area (Å²) in [4.78, 5) is 41.9. The summed E-state index contributed by atoms with van der Waals surface area (Å²) in [5.74, 6) is -0.453. The Hall–Kier alpha value is -4.19. The molecule has 1 aromatic carbocycles. The first kappa shape index (κ1) is 19.1. The Kier molecular flexibility index (Phi) is 4.90. The third kappa shape index (κ3) is 3.46. The number of benzene rings is 1. The summed E-state index contributed by atoms with van der Waals surface area (Å²) in [5, 5.41) is 11.8. The van der Waals surface area contributed by atoms with Gasteiger partial charge in [-0.2, -0.15) is 5.26 Å². The number of carbonyl (C=O) groups excluding carboxylic acids is 3. The molecule has 0 saturated carbocycles. The number of carbonyl (C=O) groups is 3. The van der Waals surface area contributed by atoms with Crippen LogP contribution in [0.15, 0.2) is 48.8 Å². The quantitative estimate of drug-likeness (QED) is 0.651. The Bertz CT molecular complexity index is 1190. The van der Waals surface area contributed by atoms with Gasteiger partial charge in [0.2, 0.25) is 11.7 Å². The molecule has 9 nitrogen and oxygen atoms in total. The molecule has 1 N–H and O–H groups in total. The Morgan fingerprint density at radius 3 is 2.73 bits per heavy atom. The lowest BCUT2D eigenvalue weighted by atomic mass is 10.1. The van der Waals surface area contributed by atoms with Crippen LogP contribution in [0.4, 0.5) is 10.5 Å². The topological polar surface area (TPSA) is 117 Å². The molecule has 3 aromatic rings. The van der Waals surface area contributed by atoms with Crippen LogP contribution in [0.5, 0.6) is 0 Å². The standard InChI is InChI=1S/C21H17N5O4/c1-13(27)23-9-17-12-30-21(29)26(17)16-5-3-15(4-6-16)20(28)18-10-24-19-7-2-14(8-22)11-25(18)19/h2-7,10-11,17H,9,12H2,1H3,(H,23,27). The summed E-state index contributed by atoms with van der Waals surface area (Å²) in [6, 6.07) is 11.6. The van der Waals surface area contributed by atoms with E-state index in [2.05, 4.69) is 10.3 Å². The zero-order valence-corrected chi connectivity index (χ0v) is 16.0. The number of rotatable bonds is 5. The lowest BCUT2D eigenvalue weighted by Gasteiger charge is -2.21. The van der Waals surface area contributed by atoms with Crippen molar-refractivity contribution in [1.82, 2.24) is 14.7 Å². The van der Waals surface area contributed by atoms with Crippen LogP contribution in [0, 0.1) is 11.3 Å². The zero-order valence-electron chi connectivity index (χ0n) is 16.0. The fraction of sp³-hybridized carbons (Fsp3) is 0.190. The van der Waals surface area contributed by atoms with Gasteiger partial charge in [0.25, 0.3) is 0 Å². The number of cyclic esters (lactones) is 1. The van der Waals surface area contributed by atoms with Crippen molar-refractivity contribution >= 4 is 29.1 Å². The van der Waals surface area contributed by atoms with E-state index in [0.717, 1.165) is 0 Å². The van der Waals surface area contributed by atoms with Gasteiger partial charge in [-0.3, -0.25) is 18.9 Å². The van der Waals surface area contributed by atoms with Crippen molar-refractivity contribution in [3.8, 4) is 6.07 Å². The maximum atomic E-state index is 13.0. The van der Waals surface area contributed by atoms with E-state index in [1.807, 2.05) is 6.07 Å². The van der Waals surface area contributed by atoms with E-state index in [1.165, 1.54) is 18.0 Å². The Labute approximate surface area is 171 Å². The zero-order chi connectivity index (χ0) is 21.3. The summed E-state index contributed by atoms with van der Waals surface area (Å²) >= 11 is 0. The lowest BCUT2D eigenvalue weighted by molar-refractivity contribution is -0.119. The minimum atomic E-state index is -0.504. The Morgan fingerprint density at radius 2 is 2.03 bits per heavy atom. The number of pyridine rings is 1. The number of nitrogens with zero attached hydrogens (tertiary/aromatic N) is 4. The molecule has 30 heavy (non-hydrogen) atoms. The van der Waals surface area contributed by atoms with E-state index in [-0.39, 0.29) is 30.9 Å². The summed E-state index contributed by atoms with van der Waals surface area (Å²) in [5.41, 5.74) is 2.29. The van der Waals surface area contributed by atoms with Crippen LogP contribution < -0.4 is 10.2 Å². The van der Waals surface area contributed by atoms with Crippen LogP contribution in [-0.2, 0) is 9.53 Å². The van der Waals surface area contributed by atoms with Gasteiger partial charge >= 0.3 is 6.09 Å². The van der Waals surface area contributed by atoms with Gasteiger partial charge in [0.05, 0.1) is 17.8 Å². The second-order valence-electron chi connectivity index (χ2n) is 6.82. The maximum Gasteiger partial charge on any atom is 0.414 e. The first-order valence-corrected chi connectivity index (χ1v) is 9.20. The number of anilines is 1. The van der Waals surface area contributed by atoms with Crippen LogP contribution in [0.3, 0.4) is 0 Å². The molecule has 2 aromatic heterocycles. The highest BCUT2D eigenvalue weighted by molar-refractivity contribution is 6.08. The SMILES string of the molecule is CC(=O)NCC1COC(=O)N1c1ccc(C(=O)c2cnc3ccc(C#N)cn23)cc1. The van der Waals surface area contributed by atoms with Gasteiger partial charge in [-0.15, -0.1) is 0 Å². The molecule has 2 amide bonds. The average Bonchev–Trinajstić information content (AvgIpc) is 3.34. The molecule has 4 rings (SSSR count). The summed E-state index contributed by atoms with van der Waals surface area (Å²) in [7, 11) is 0. The van der Waals surface area contributed by atoms with E-state index in [4.69, 9.17) is 10.00 Å². The van der Waals surface area contributed by atoms with E-state index in [1.54, 1.807) is 47.0 Å². The molecule has 0 radical (unpaired) electrons. The van der Waals surface area contributed by atoms with Crippen molar-refractivity contribution in [3.63, 3.8) is 0 Å². The number of hydrogen-bond donors (Lipinski definition) is 1. The van der Waals surface area contributed by atoms with Crippen LogP contribution in [0.1, 0.15) is 28.5 Å². The number of nitrogens with one attached hydrogen (secondary N) is 1. The summed E-state index contributed by atoms with van der Waals surface area (Å²) in [6.07, 6.45) is 2.53. The minimum absolute atomic E-state index is 0.169. The van der Waals surface area contributed by atoms with Gasteiger partial charge in [0.1, 0.15) is 24.0 Å². The molecule has 0 bridgehead atoms. The van der Waals surface area contributed by atoms with Gasteiger partial charge in [-0.1, -0.05) is 0 Å². The van der Waals surface area contributed by atoms with Crippen molar-refractivity contribution in [2.24, 2.45) is 0 Å². The van der Waals surface area contributed by atoms with Crippen LogP contribution in [-0.4, -0.2) is 46.4 Å². The lowest BCUT2D eigenvalue weighted by Crippen LogP contribution is -2.42. The first-order valence-electron chi connectivity index (χ1n) is 9.20. The smallest absolute Gasteiger partial charge is 0.414 e. The van der Waals surface area contributed by atoms with Crippen molar-refractivity contribution in [2.45, 2.75) is 13.0 Å². The number of imidazole rings is 1. The van der Waals surface area contributed by atoms with Gasteiger partial charge in [0, 0.05) is 30.9 Å². The monoisotopic (exact) mass is 403 g/mol. The van der Waals surface area contributed by atoms with Crippen LogP contribution in [0.25, 0.3) is 5.65 Å². The fourth-order valence-corrected chi connectivity index (χ4v) is 3.32. The number of hydrogen-bond acceptors (Lipinski definition) is 6. The third-order valence-electron chi connectivity index (χ3n) is 4.82. The largest absolute Gasteiger partial charge is 0.447 e.